The number of ketones is 1. The standard InChI is InChI=1S/C25H18ClN3O5/c1-33-19-11-20(34-2)18(26)10-17(19)23(30)21-22(15-4-3-9-28-13-15)29(25(32)24(21)31)16-7-5-14(12-27)6-8-16/h3-11,13,22,30H,1-2H3/b23-21+. The normalized spacial score (nSPS) is 16.9. The molecule has 1 N–H and O–H groups in total. The van der Waals surface area contributed by atoms with Crippen LogP contribution in [0.4, 0.5) is 5.69 Å². The molecular formula is C25H18ClN3O5. The number of pyridine rings is 1. The first kappa shape index (κ1) is 22.8. The highest BCUT2D eigenvalue weighted by molar-refractivity contribution is 6.51. The molecule has 0 bridgehead atoms. The molecule has 1 aromatic heterocycles. The monoisotopic (exact) mass is 475 g/mol. The maximum Gasteiger partial charge on any atom is 0.300 e. The maximum absolute atomic E-state index is 13.2. The quantitative estimate of drug-likeness (QED) is 0.333. The van der Waals surface area contributed by atoms with Crippen molar-refractivity contribution in [1.29, 1.82) is 5.26 Å². The van der Waals surface area contributed by atoms with Gasteiger partial charge in [-0.2, -0.15) is 5.26 Å². The molecule has 4 rings (SSSR count). The molecule has 3 aromatic rings. The number of Topliss-reactive ketones (excluding diaryl/α,β-unsaturated/α-hetero) is 1. The summed E-state index contributed by atoms with van der Waals surface area (Å²) in [5.41, 5.74) is 1.26. The molecule has 0 radical (unpaired) electrons. The average Bonchev–Trinajstić information content (AvgIpc) is 3.14. The van der Waals surface area contributed by atoms with Crippen molar-refractivity contribution in [3.8, 4) is 17.6 Å². The number of methoxy groups -OCH3 is 2. The molecule has 8 nitrogen and oxygen atoms in total. The Morgan fingerprint density at radius 1 is 1.12 bits per heavy atom. The zero-order valence-electron chi connectivity index (χ0n) is 18.2. The molecule has 1 atom stereocenters. The third kappa shape index (κ3) is 3.83. The molecule has 0 aliphatic carbocycles. The number of hydrogen-bond donors (Lipinski definition) is 1. The molecule has 1 amide bonds. The van der Waals surface area contributed by atoms with Crippen molar-refractivity contribution in [3.05, 3.63) is 88.2 Å². The van der Waals surface area contributed by atoms with Gasteiger partial charge in [-0.05, 0) is 42.0 Å². The Morgan fingerprint density at radius 3 is 2.41 bits per heavy atom. The Hall–Kier alpha value is -4.35. The lowest BCUT2D eigenvalue weighted by atomic mass is 9.95. The Morgan fingerprint density at radius 2 is 1.82 bits per heavy atom. The lowest BCUT2D eigenvalue weighted by Crippen LogP contribution is -2.29. The maximum atomic E-state index is 13.2. The molecule has 2 heterocycles. The van der Waals surface area contributed by atoms with Gasteiger partial charge in [0, 0.05) is 24.1 Å². The Bertz CT molecular complexity index is 1350. The number of rotatable bonds is 5. The molecule has 1 aliphatic rings. The summed E-state index contributed by atoms with van der Waals surface area (Å²) in [7, 11) is 2.83. The number of anilines is 1. The fourth-order valence-corrected chi connectivity index (χ4v) is 4.08. The molecule has 34 heavy (non-hydrogen) atoms. The van der Waals surface area contributed by atoms with Crippen molar-refractivity contribution in [2.45, 2.75) is 6.04 Å². The molecule has 1 saturated heterocycles. The van der Waals surface area contributed by atoms with Gasteiger partial charge in [0.25, 0.3) is 11.7 Å². The summed E-state index contributed by atoms with van der Waals surface area (Å²) < 4.78 is 10.6. The fraction of sp³-hybridized carbons (Fsp3) is 0.120. The summed E-state index contributed by atoms with van der Waals surface area (Å²) in [6, 6.07) is 13.5. The number of aromatic nitrogens is 1. The van der Waals surface area contributed by atoms with Crippen LogP contribution in [0, 0.1) is 11.3 Å². The van der Waals surface area contributed by atoms with Crippen LogP contribution in [0.25, 0.3) is 5.76 Å². The third-order valence-electron chi connectivity index (χ3n) is 5.45. The second-order valence-electron chi connectivity index (χ2n) is 7.30. The van der Waals surface area contributed by atoms with Crippen LogP contribution in [0.2, 0.25) is 5.02 Å². The van der Waals surface area contributed by atoms with Crippen LogP contribution >= 0.6 is 11.6 Å². The molecule has 0 spiro atoms. The summed E-state index contributed by atoms with van der Waals surface area (Å²) in [5, 5.41) is 20.6. The second-order valence-corrected chi connectivity index (χ2v) is 7.71. The van der Waals surface area contributed by atoms with Gasteiger partial charge in [-0.25, -0.2) is 0 Å². The van der Waals surface area contributed by atoms with E-state index in [1.807, 2.05) is 6.07 Å². The molecule has 1 fully saturated rings. The predicted molar refractivity (Wildman–Crippen MR) is 125 cm³/mol. The molecular weight excluding hydrogens is 458 g/mol. The number of hydrogen-bond acceptors (Lipinski definition) is 7. The minimum Gasteiger partial charge on any atom is -0.507 e. The van der Waals surface area contributed by atoms with Crippen molar-refractivity contribution in [3.63, 3.8) is 0 Å². The number of amides is 1. The van der Waals surface area contributed by atoms with Gasteiger partial charge in [-0.15, -0.1) is 0 Å². The fourth-order valence-electron chi connectivity index (χ4n) is 3.84. The number of halogens is 1. The van der Waals surface area contributed by atoms with Crippen molar-refractivity contribution in [2.24, 2.45) is 0 Å². The number of nitriles is 1. The Balaban J connectivity index is 1.96. The summed E-state index contributed by atoms with van der Waals surface area (Å²) in [6.07, 6.45) is 3.07. The highest BCUT2D eigenvalue weighted by atomic mass is 35.5. The van der Waals surface area contributed by atoms with Crippen LogP contribution in [0.1, 0.15) is 22.7 Å². The van der Waals surface area contributed by atoms with E-state index in [1.54, 1.807) is 42.6 Å². The van der Waals surface area contributed by atoms with Crippen LogP contribution in [-0.4, -0.2) is 36.0 Å². The number of aliphatic hydroxyl groups is 1. The minimum atomic E-state index is -0.979. The highest BCUT2D eigenvalue weighted by Gasteiger charge is 2.47. The molecule has 9 heteroatoms. The van der Waals surface area contributed by atoms with Gasteiger partial charge in [0.15, 0.2) is 0 Å². The Labute approximate surface area is 200 Å². The topological polar surface area (TPSA) is 113 Å². The van der Waals surface area contributed by atoms with E-state index in [4.69, 9.17) is 26.3 Å². The number of ether oxygens (including phenoxy) is 2. The first-order valence-corrected chi connectivity index (χ1v) is 10.4. The van der Waals surface area contributed by atoms with Crippen LogP contribution in [0.15, 0.2) is 66.5 Å². The highest BCUT2D eigenvalue weighted by Crippen LogP contribution is 2.44. The number of benzene rings is 2. The van der Waals surface area contributed by atoms with Gasteiger partial charge >= 0.3 is 0 Å². The first-order valence-electron chi connectivity index (χ1n) is 10.0. The second kappa shape index (κ2) is 9.25. The van der Waals surface area contributed by atoms with E-state index >= 15 is 0 Å². The van der Waals surface area contributed by atoms with E-state index in [1.165, 1.54) is 37.4 Å². The number of carbonyl (C=O) groups is 2. The number of nitrogens with zero attached hydrogens (tertiary/aromatic N) is 3. The van der Waals surface area contributed by atoms with E-state index in [0.717, 1.165) is 0 Å². The lowest BCUT2D eigenvalue weighted by Gasteiger charge is -2.25. The van der Waals surface area contributed by atoms with Crippen LogP contribution in [0.3, 0.4) is 0 Å². The number of carbonyl (C=O) groups excluding carboxylic acids is 2. The largest absolute Gasteiger partial charge is 0.507 e. The minimum absolute atomic E-state index is 0.125. The van der Waals surface area contributed by atoms with Gasteiger partial charge < -0.3 is 14.6 Å². The first-order chi connectivity index (χ1) is 16.4. The van der Waals surface area contributed by atoms with Crippen molar-refractivity contribution >= 4 is 34.7 Å². The van der Waals surface area contributed by atoms with Crippen molar-refractivity contribution in [1.82, 2.24) is 4.98 Å². The molecule has 0 saturated carbocycles. The van der Waals surface area contributed by atoms with Gasteiger partial charge in [-0.1, -0.05) is 17.7 Å². The Kier molecular flexibility index (Phi) is 6.21. The van der Waals surface area contributed by atoms with Crippen LogP contribution < -0.4 is 14.4 Å². The summed E-state index contributed by atoms with van der Waals surface area (Å²) in [5.74, 6) is -1.65. The van der Waals surface area contributed by atoms with E-state index in [9.17, 15) is 14.7 Å². The average molecular weight is 476 g/mol. The van der Waals surface area contributed by atoms with Crippen LogP contribution in [0.5, 0.6) is 11.5 Å². The van der Waals surface area contributed by atoms with Gasteiger partial charge in [0.1, 0.15) is 17.3 Å². The smallest absolute Gasteiger partial charge is 0.300 e. The predicted octanol–water partition coefficient (Wildman–Crippen LogP) is 4.25. The molecule has 1 unspecified atom stereocenters. The SMILES string of the molecule is COc1cc(OC)c(/C(O)=C2\C(=O)C(=O)N(c3ccc(C#N)cc3)C2c2cccnc2)cc1Cl. The zero-order valence-corrected chi connectivity index (χ0v) is 18.9. The molecule has 2 aromatic carbocycles. The van der Waals surface area contributed by atoms with Gasteiger partial charge in [-0.3, -0.25) is 19.5 Å². The van der Waals surface area contributed by atoms with E-state index in [-0.39, 0.29) is 21.9 Å². The van der Waals surface area contributed by atoms with Crippen molar-refractivity contribution in [2.75, 3.05) is 19.1 Å². The van der Waals surface area contributed by atoms with E-state index in [2.05, 4.69) is 4.98 Å². The summed E-state index contributed by atoms with van der Waals surface area (Å²) in [4.78, 5) is 31.8. The summed E-state index contributed by atoms with van der Waals surface area (Å²) in [6.45, 7) is 0. The zero-order chi connectivity index (χ0) is 24.4. The third-order valence-corrected chi connectivity index (χ3v) is 5.74. The molecule has 170 valence electrons. The number of aliphatic hydroxyl groups excluding tert-OH is 1. The van der Waals surface area contributed by atoms with E-state index in [0.29, 0.717) is 22.6 Å². The van der Waals surface area contributed by atoms with E-state index < -0.39 is 23.5 Å². The van der Waals surface area contributed by atoms with Gasteiger partial charge in [0.2, 0.25) is 0 Å². The van der Waals surface area contributed by atoms with Gasteiger partial charge in [0.05, 0.1) is 48.1 Å². The van der Waals surface area contributed by atoms with Crippen molar-refractivity contribution < 1.29 is 24.2 Å². The lowest BCUT2D eigenvalue weighted by molar-refractivity contribution is -0.132. The van der Waals surface area contributed by atoms with Crippen LogP contribution in [-0.2, 0) is 9.59 Å². The molecule has 1 aliphatic heterocycles. The summed E-state index contributed by atoms with van der Waals surface area (Å²) >= 11 is 6.27.